The van der Waals surface area contributed by atoms with Gasteiger partial charge in [-0.25, -0.2) is 0 Å². The predicted molar refractivity (Wildman–Crippen MR) is 127 cm³/mol. The number of aromatic nitrogens is 1. The van der Waals surface area contributed by atoms with E-state index in [0.717, 1.165) is 21.9 Å². The average molecular weight is 440 g/mol. The molecular weight excluding hydrogens is 422 g/mol. The summed E-state index contributed by atoms with van der Waals surface area (Å²) in [6.45, 7) is 0.446. The molecule has 0 aliphatic carbocycles. The Morgan fingerprint density at radius 3 is 2.38 bits per heavy atom. The molecule has 32 heavy (non-hydrogen) atoms. The van der Waals surface area contributed by atoms with Crippen molar-refractivity contribution < 1.29 is 9.90 Å². The molecule has 156 valence electrons. The van der Waals surface area contributed by atoms with Crippen LogP contribution in [-0.4, -0.2) is 15.6 Å². The largest absolute Gasteiger partial charge is 0.493 e. The van der Waals surface area contributed by atoms with E-state index in [9.17, 15) is 9.90 Å². The molecule has 5 rings (SSSR count). The van der Waals surface area contributed by atoms with Gasteiger partial charge in [-0.3, -0.25) is 4.79 Å². The third-order valence-electron chi connectivity index (χ3n) is 5.47. The first kappa shape index (κ1) is 20.0. The van der Waals surface area contributed by atoms with E-state index in [-0.39, 0.29) is 17.1 Å². The third kappa shape index (κ3) is 3.53. The first-order valence-corrected chi connectivity index (χ1v) is 10.5. The number of hydrogen-bond acceptors (Lipinski definition) is 3. The van der Waals surface area contributed by atoms with Gasteiger partial charge in [0.05, 0.1) is 22.6 Å². The third-order valence-corrected chi connectivity index (χ3v) is 5.80. The Kier molecular flexibility index (Phi) is 5.17. The van der Waals surface area contributed by atoms with Gasteiger partial charge in [0.25, 0.3) is 5.91 Å². The molecule has 0 unspecified atom stereocenters. The second kappa shape index (κ2) is 8.29. The Labute approximate surface area is 189 Å². The molecule has 1 heterocycles. The lowest BCUT2D eigenvalue weighted by Gasteiger charge is -2.10. The minimum Gasteiger partial charge on any atom is -0.493 e. The number of azo groups is 1. The van der Waals surface area contributed by atoms with Crippen LogP contribution in [-0.2, 0) is 6.54 Å². The topological polar surface area (TPSA) is 66.9 Å². The molecule has 6 heteroatoms. The fraction of sp³-hybridized carbons (Fsp3) is 0.0385. The van der Waals surface area contributed by atoms with Crippen molar-refractivity contribution in [3.05, 3.63) is 107 Å². The molecule has 0 fully saturated rings. The van der Waals surface area contributed by atoms with Crippen LogP contribution in [0, 0.1) is 0 Å². The molecule has 0 bridgehead atoms. The minimum atomic E-state index is -0.569. The van der Waals surface area contributed by atoms with Crippen LogP contribution in [0.2, 0.25) is 5.02 Å². The normalized spacial score (nSPS) is 11.5. The summed E-state index contributed by atoms with van der Waals surface area (Å²) in [6.07, 6.45) is 0. The smallest absolute Gasteiger partial charge is 0.296 e. The Hall–Kier alpha value is -3.96. The van der Waals surface area contributed by atoms with Crippen molar-refractivity contribution in [3.8, 4) is 5.88 Å². The fourth-order valence-electron chi connectivity index (χ4n) is 3.91. The zero-order chi connectivity index (χ0) is 22.1. The van der Waals surface area contributed by atoms with Gasteiger partial charge in [-0.05, 0) is 34.5 Å². The number of carbonyl (C=O) groups is 1. The monoisotopic (exact) mass is 439 g/mol. The number of hydrogen-bond donors (Lipinski definition) is 1. The molecule has 0 aliphatic rings. The summed E-state index contributed by atoms with van der Waals surface area (Å²) >= 11 is 6.09. The number of rotatable bonds is 4. The number of para-hydroxylation sites is 1. The summed E-state index contributed by atoms with van der Waals surface area (Å²) in [5, 5.41) is 22.3. The molecule has 0 aliphatic heterocycles. The number of benzene rings is 4. The van der Waals surface area contributed by atoms with Crippen molar-refractivity contribution in [2.24, 2.45) is 10.2 Å². The van der Waals surface area contributed by atoms with Crippen LogP contribution in [0.15, 0.2) is 101 Å². The van der Waals surface area contributed by atoms with E-state index < -0.39 is 5.91 Å². The van der Waals surface area contributed by atoms with Crippen LogP contribution in [0.25, 0.3) is 21.7 Å². The quantitative estimate of drug-likeness (QED) is 0.303. The molecule has 0 spiro atoms. The van der Waals surface area contributed by atoms with E-state index in [2.05, 4.69) is 28.4 Å². The molecular formula is C26H18ClN3O2. The summed E-state index contributed by atoms with van der Waals surface area (Å²) in [7, 11) is 0. The van der Waals surface area contributed by atoms with E-state index in [1.165, 1.54) is 0 Å². The van der Waals surface area contributed by atoms with E-state index in [1.807, 2.05) is 48.5 Å². The molecule has 5 nitrogen and oxygen atoms in total. The highest BCUT2D eigenvalue weighted by Gasteiger charge is 2.18. The molecule has 1 amide bonds. The maximum Gasteiger partial charge on any atom is 0.296 e. The van der Waals surface area contributed by atoms with E-state index in [1.54, 1.807) is 28.8 Å². The van der Waals surface area contributed by atoms with Crippen LogP contribution in [0.4, 0.5) is 5.69 Å². The van der Waals surface area contributed by atoms with Crippen molar-refractivity contribution in [1.29, 1.82) is 0 Å². The van der Waals surface area contributed by atoms with Gasteiger partial charge in [0, 0.05) is 5.39 Å². The Morgan fingerprint density at radius 1 is 0.844 bits per heavy atom. The highest BCUT2D eigenvalue weighted by molar-refractivity contribution is 6.33. The lowest BCUT2D eigenvalue weighted by Crippen LogP contribution is -1.99. The number of nitrogens with zero attached hydrogens (tertiary/aromatic N) is 3. The maximum atomic E-state index is 12.5. The van der Waals surface area contributed by atoms with Gasteiger partial charge < -0.3 is 9.67 Å². The van der Waals surface area contributed by atoms with Crippen LogP contribution in [0.3, 0.4) is 0 Å². The second-order valence-corrected chi connectivity index (χ2v) is 7.81. The van der Waals surface area contributed by atoms with Crippen LogP contribution >= 0.6 is 11.6 Å². The molecule has 4 aromatic carbocycles. The number of halogens is 1. The SMILES string of the molecule is O=C(N=Nc1c(O)n(Cc2cccc3ccccc23)c2ccccc12)c1ccccc1Cl. The summed E-state index contributed by atoms with van der Waals surface area (Å²) < 4.78 is 1.78. The number of aromatic hydroxyl groups is 1. The summed E-state index contributed by atoms with van der Waals surface area (Å²) in [6, 6.07) is 28.4. The van der Waals surface area contributed by atoms with Crippen LogP contribution in [0.5, 0.6) is 5.88 Å². The molecule has 0 saturated heterocycles. The molecule has 0 saturated carbocycles. The standard InChI is InChI=1S/C26H18ClN3O2/c27-22-14-5-3-12-20(22)25(31)29-28-24-21-13-4-6-15-23(21)30(26(24)32)16-18-10-7-9-17-8-1-2-11-19(17)18/h1-15,32H,16H2. The molecule has 1 aromatic heterocycles. The zero-order valence-electron chi connectivity index (χ0n) is 16.9. The van der Waals surface area contributed by atoms with E-state index >= 15 is 0 Å². The predicted octanol–water partition coefficient (Wildman–Crippen LogP) is 7.13. The number of fused-ring (bicyclic) bond motifs is 2. The molecule has 1 N–H and O–H groups in total. The molecule has 0 radical (unpaired) electrons. The van der Waals surface area contributed by atoms with Gasteiger partial charge in [0.2, 0.25) is 5.88 Å². The van der Waals surface area contributed by atoms with Gasteiger partial charge in [0.15, 0.2) is 5.69 Å². The fourth-order valence-corrected chi connectivity index (χ4v) is 4.13. The number of carbonyl (C=O) groups excluding carboxylic acids is 1. The molecule has 5 aromatic rings. The van der Waals surface area contributed by atoms with Gasteiger partial charge >= 0.3 is 0 Å². The summed E-state index contributed by atoms with van der Waals surface area (Å²) in [5.41, 5.74) is 2.38. The first-order chi connectivity index (χ1) is 15.6. The highest BCUT2D eigenvalue weighted by atomic mass is 35.5. The number of amides is 1. The van der Waals surface area contributed by atoms with Crippen molar-refractivity contribution in [3.63, 3.8) is 0 Å². The van der Waals surface area contributed by atoms with Gasteiger partial charge in [0.1, 0.15) is 0 Å². The van der Waals surface area contributed by atoms with Crippen molar-refractivity contribution in [1.82, 2.24) is 4.57 Å². The van der Waals surface area contributed by atoms with Crippen molar-refractivity contribution >= 4 is 44.9 Å². The Bertz CT molecular complexity index is 1500. The van der Waals surface area contributed by atoms with Gasteiger partial charge in [-0.1, -0.05) is 84.4 Å². The lowest BCUT2D eigenvalue weighted by molar-refractivity contribution is 0.0995. The lowest BCUT2D eigenvalue weighted by atomic mass is 10.0. The Balaban J connectivity index is 1.58. The minimum absolute atomic E-state index is 0.0464. The first-order valence-electron chi connectivity index (χ1n) is 10.1. The second-order valence-electron chi connectivity index (χ2n) is 7.40. The average Bonchev–Trinajstić information content (AvgIpc) is 3.09. The van der Waals surface area contributed by atoms with Gasteiger partial charge in [-0.2, -0.15) is 0 Å². The van der Waals surface area contributed by atoms with Crippen molar-refractivity contribution in [2.75, 3.05) is 0 Å². The molecule has 0 atom stereocenters. The van der Waals surface area contributed by atoms with Crippen LogP contribution < -0.4 is 0 Å². The van der Waals surface area contributed by atoms with Crippen LogP contribution in [0.1, 0.15) is 15.9 Å². The van der Waals surface area contributed by atoms with E-state index in [0.29, 0.717) is 17.0 Å². The maximum absolute atomic E-state index is 12.5. The summed E-state index contributed by atoms with van der Waals surface area (Å²) in [5.74, 6) is -0.615. The Morgan fingerprint density at radius 2 is 1.53 bits per heavy atom. The summed E-state index contributed by atoms with van der Waals surface area (Å²) in [4.78, 5) is 12.5. The van der Waals surface area contributed by atoms with Crippen molar-refractivity contribution in [2.45, 2.75) is 6.54 Å². The van der Waals surface area contributed by atoms with E-state index in [4.69, 9.17) is 11.6 Å². The zero-order valence-corrected chi connectivity index (χ0v) is 17.7. The highest BCUT2D eigenvalue weighted by Crippen LogP contribution is 2.39. The van der Waals surface area contributed by atoms with Gasteiger partial charge in [-0.15, -0.1) is 10.2 Å².